The van der Waals surface area contributed by atoms with Crippen molar-refractivity contribution < 1.29 is 0 Å². The van der Waals surface area contributed by atoms with Crippen molar-refractivity contribution in [3.63, 3.8) is 0 Å². The molecule has 1 aliphatic rings. The normalized spacial score (nSPS) is 27.6. The molecule has 0 amide bonds. The molecule has 0 radical (unpaired) electrons. The number of thioether (sulfide) groups is 1. The maximum atomic E-state index is 9.40. The molecule has 90 valence electrons. The van der Waals surface area contributed by atoms with Crippen LogP contribution in [0.3, 0.4) is 0 Å². The molecule has 0 spiro atoms. The van der Waals surface area contributed by atoms with Crippen LogP contribution < -0.4 is 0 Å². The second kappa shape index (κ2) is 4.74. The second-order valence-electron chi connectivity index (χ2n) is 5.44. The summed E-state index contributed by atoms with van der Waals surface area (Å²) in [5.41, 5.74) is 1.27. The molecule has 0 atom stereocenters. The van der Waals surface area contributed by atoms with Crippen LogP contribution in [-0.4, -0.2) is 4.75 Å². The number of hydrogen-bond acceptors (Lipinski definition) is 2. The molecule has 1 fully saturated rings. The summed E-state index contributed by atoms with van der Waals surface area (Å²) >= 11 is 1.75. The van der Waals surface area contributed by atoms with Gasteiger partial charge in [-0.05, 0) is 43.7 Å². The predicted molar refractivity (Wildman–Crippen MR) is 72.9 cm³/mol. The minimum absolute atomic E-state index is 0.164. The Kier molecular flexibility index (Phi) is 3.49. The summed E-state index contributed by atoms with van der Waals surface area (Å²) in [5, 5.41) is 9.40. The van der Waals surface area contributed by atoms with Crippen LogP contribution >= 0.6 is 11.8 Å². The highest BCUT2D eigenvalue weighted by atomic mass is 32.2. The molecule has 0 aromatic heterocycles. The van der Waals surface area contributed by atoms with Gasteiger partial charge in [0.2, 0.25) is 0 Å². The summed E-state index contributed by atoms with van der Waals surface area (Å²) in [7, 11) is 0. The zero-order valence-corrected chi connectivity index (χ0v) is 11.6. The fraction of sp³-hybridized carbons (Fsp3) is 0.533. The van der Waals surface area contributed by atoms with E-state index in [1.165, 1.54) is 10.5 Å². The van der Waals surface area contributed by atoms with Crippen molar-refractivity contribution in [1.29, 1.82) is 5.26 Å². The highest BCUT2D eigenvalue weighted by molar-refractivity contribution is 8.01. The van der Waals surface area contributed by atoms with Gasteiger partial charge in [-0.3, -0.25) is 0 Å². The Morgan fingerprint density at radius 2 is 2.12 bits per heavy atom. The fourth-order valence-corrected chi connectivity index (χ4v) is 3.84. The van der Waals surface area contributed by atoms with Gasteiger partial charge in [0.15, 0.2) is 0 Å². The third-order valence-corrected chi connectivity index (χ3v) is 4.94. The van der Waals surface area contributed by atoms with E-state index in [0.29, 0.717) is 5.92 Å². The van der Waals surface area contributed by atoms with Gasteiger partial charge in [0, 0.05) is 4.90 Å². The monoisotopic (exact) mass is 245 g/mol. The molecule has 1 nitrogen and oxygen atoms in total. The van der Waals surface area contributed by atoms with Crippen LogP contribution in [0.15, 0.2) is 29.2 Å². The topological polar surface area (TPSA) is 23.8 Å². The highest BCUT2D eigenvalue weighted by Gasteiger charge is 2.46. The molecule has 0 bridgehead atoms. The number of aryl methyl sites for hydroxylation is 1. The first-order valence-electron chi connectivity index (χ1n) is 6.21. The predicted octanol–water partition coefficient (Wildman–Crippen LogP) is 4.42. The zero-order chi connectivity index (χ0) is 12.5. The summed E-state index contributed by atoms with van der Waals surface area (Å²) in [5.74, 6) is 1.43. The van der Waals surface area contributed by atoms with Crippen molar-refractivity contribution in [2.24, 2.45) is 11.8 Å². The molecular formula is C15H19NS. The summed E-state index contributed by atoms with van der Waals surface area (Å²) < 4.78 is -0.164. The van der Waals surface area contributed by atoms with Gasteiger partial charge in [-0.25, -0.2) is 0 Å². The van der Waals surface area contributed by atoms with Crippen molar-refractivity contribution in [3.05, 3.63) is 29.8 Å². The Labute approximate surface area is 108 Å². The van der Waals surface area contributed by atoms with Gasteiger partial charge in [-0.2, -0.15) is 5.26 Å². The van der Waals surface area contributed by atoms with Crippen molar-refractivity contribution in [3.8, 4) is 6.07 Å². The van der Waals surface area contributed by atoms with E-state index in [4.69, 9.17) is 0 Å². The minimum Gasteiger partial charge on any atom is -0.197 e. The van der Waals surface area contributed by atoms with E-state index in [1.807, 2.05) is 0 Å². The van der Waals surface area contributed by atoms with Crippen molar-refractivity contribution in [1.82, 2.24) is 0 Å². The summed E-state index contributed by atoms with van der Waals surface area (Å²) in [4.78, 5) is 1.23. The number of nitrogens with zero attached hydrogens (tertiary/aromatic N) is 1. The average Bonchev–Trinajstić information content (AvgIpc) is 2.22. The molecule has 0 unspecified atom stereocenters. The zero-order valence-electron chi connectivity index (χ0n) is 10.7. The molecular weight excluding hydrogens is 226 g/mol. The fourth-order valence-electron chi connectivity index (χ4n) is 2.36. The average molecular weight is 245 g/mol. The lowest BCUT2D eigenvalue weighted by Crippen LogP contribution is -2.41. The molecule has 0 saturated heterocycles. The van der Waals surface area contributed by atoms with Gasteiger partial charge in [0.05, 0.1) is 6.07 Å². The molecule has 1 aromatic carbocycles. The standard InChI is InChI=1S/C15H19NS/c1-11(2)13-8-15(9-13,10-16)17-14-6-4-5-12(3)7-14/h4-7,11,13H,8-9H2,1-3H3. The SMILES string of the molecule is Cc1cccc(SC2(C#N)CC(C(C)C)C2)c1. The molecule has 2 heteroatoms. The lowest BCUT2D eigenvalue weighted by Gasteiger charge is -2.44. The summed E-state index contributed by atoms with van der Waals surface area (Å²) in [6, 6.07) is 11.0. The molecule has 0 aliphatic heterocycles. The Bertz CT molecular complexity index is 438. The Balaban J connectivity index is 2.06. The van der Waals surface area contributed by atoms with Crippen LogP contribution in [-0.2, 0) is 0 Å². The van der Waals surface area contributed by atoms with Crippen LogP contribution in [0, 0.1) is 30.1 Å². The molecule has 0 N–H and O–H groups in total. The van der Waals surface area contributed by atoms with E-state index in [2.05, 4.69) is 51.1 Å². The molecule has 2 rings (SSSR count). The first-order valence-corrected chi connectivity index (χ1v) is 7.03. The van der Waals surface area contributed by atoms with Gasteiger partial charge in [-0.1, -0.05) is 31.5 Å². The minimum atomic E-state index is -0.164. The van der Waals surface area contributed by atoms with Crippen molar-refractivity contribution in [2.45, 2.75) is 43.3 Å². The third-order valence-electron chi connectivity index (χ3n) is 3.63. The van der Waals surface area contributed by atoms with Crippen molar-refractivity contribution >= 4 is 11.8 Å². The maximum absolute atomic E-state index is 9.40. The van der Waals surface area contributed by atoms with Gasteiger partial charge < -0.3 is 0 Å². The van der Waals surface area contributed by atoms with Crippen LogP contribution in [0.25, 0.3) is 0 Å². The largest absolute Gasteiger partial charge is 0.197 e. The smallest absolute Gasteiger partial charge is 0.108 e. The molecule has 17 heavy (non-hydrogen) atoms. The second-order valence-corrected chi connectivity index (χ2v) is 6.89. The quantitative estimate of drug-likeness (QED) is 0.787. The van der Waals surface area contributed by atoms with Gasteiger partial charge in [0.1, 0.15) is 4.75 Å². The first kappa shape index (κ1) is 12.5. The van der Waals surface area contributed by atoms with Crippen LogP contribution in [0.5, 0.6) is 0 Å². The summed E-state index contributed by atoms with van der Waals surface area (Å²) in [6.45, 7) is 6.60. The van der Waals surface area contributed by atoms with E-state index in [0.717, 1.165) is 18.8 Å². The van der Waals surface area contributed by atoms with E-state index in [-0.39, 0.29) is 4.75 Å². The third kappa shape index (κ3) is 2.66. The Morgan fingerprint density at radius 1 is 1.41 bits per heavy atom. The molecule has 1 saturated carbocycles. The Morgan fingerprint density at radius 3 is 2.65 bits per heavy atom. The Hall–Kier alpha value is -0.940. The van der Waals surface area contributed by atoms with E-state index >= 15 is 0 Å². The van der Waals surface area contributed by atoms with E-state index in [1.54, 1.807) is 11.8 Å². The van der Waals surface area contributed by atoms with Gasteiger partial charge in [0.25, 0.3) is 0 Å². The van der Waals surface area contributed by atoms with Gasteiger partial charge >= 0.3 is 0 Å². The first-order chi connectivity index (χ1) is 8.04. The highest BCUT2D eigenvalue weighted by Crippen LogP contribution is 2.52. The molecule has 1 aliphatic carbocycles. The number of nitriles is 1. The molecule has 1 aromatic rings. The van der Waals surface area contributed by atoms with Crippen LogP contribution in [0.2, 0.25) is 0 Å². The number of hydrogen-bond donors (Lipinski definition) is 0. The lowest BCUT2D eigenvalue weighted by atomic mass is 9.69. The van der Waals surface area contributed by atoms with Crippen LogP contribution in [0.1, 0.15) is 32.3 Å². The lowest BCUT2D eigenvalue weighted by molar-refractivity contribution is 0.207. The number of rotatable bonds is 3. The van der Waals surface area contributed by atoms with E-state index in [9.17, 15) is 5.26 Å². The maximum Gasteiger partial charge on any atom is 0.108 e. The molecule has 0 heterocycles. The van der Waals surface area contributed by atoms with Crippen LogP contribution in [0.4, 0.5) is 0 Å². The van der Waals surface area contributed by atoms with Gasteiger partial charge in [-0.15, -0.1) is 11.8 Å². The van der Waals surface area contributed by atoms with Crippen molar-refractivity contribution in [2.75, 3.05) is 0 Å². The number of benzene rings is 1. The summed E-state index contributed by atoms with van der Waals surface area (Å²) in [6.07, 6.45) is 2.08. The van der Waals surface area contributed by atoms with E-state index < -0.39 is 0 Å².